The third-order valence-electron chi connectivity index (χ3n) is 2.92. The van der Waals surface area contributed by atoms with Crippen LogP contribution in [0.25, 0.3) is 0 Å². The third-order valence-corrected chi connectivity index (χ3v) is 2.92. The number of hydrogen-bond donors (Lipinski definition) is 1. The summed E-state index contributed by atoms with van der Waals surface area (Å²) in [7, 11) is 0. The second-order valence-electron chi connectivity index (χ2n) is 5.60. The predicted octanol–water partition coefficient (Wildman–Crippen LogP) is 3.78. The molecule has 0 aliphatic rings. The van der Waals surface area contributed by atoms with Crippen LogP contribution in [0.5, 0.6) is 5.88 Å². The molecule has 1 N–H and O–H groups in total. The van der Waals surface area contributed by atoms with Crippen LogP contribution >= 0.6 is 0 Å². The van der Waals surface area contributed by atoms with Crippen LogP contribution in [0.15, 0.2) is 6.07 Å². The van der Waals surface area contributed by atoms with Crippen LogP contribution in [0.2, 0.25) is 0 Å². The number of nitrogens with one attached hydrogen (secondary N) is 1. The zero-order chi connectivity index (χ0) is 16.0. The number of ether oxygens (including phenoxy) is 1. The van der Waals surface area contributed by atoms with Gasteiger partial charge in [0.25, 0.3) is 0 Å². The predicted molar refractivity (Wildman–Crippen MR) is 76.4 cm³/mol. The number of aryl methyl sites for hydroxylation is 2. The van der Waals surface area contributed by atoms with Gasteiger partial charge in [-0.15, -0.1) is 0 Å². The molecule has 0 saturated carbocycles. The normalized spacial score (nSPS) is 12.0. The monoisotopic (exact) mass is 304 g/mol. The van der Waals surface area contributed by atoms with E-state index in [1.165, 1.54) is 0 Å². The van der Waals surface area contributed by atoms with E-state index >= 15 is 0 Å². The number of pyridine rings is 1. The third kappa shape index (κ3) is 6.80. The van der Waals surface area contributed by atoms with E-state index in [0.29, 0.717) is 18.3 Å². The average Bonchev–Trinajstić information content (AvgIpc) is 2.30. The summed E-state index contributed by atoms with van der Waals surface area (Å²) in [4.78, 5) is 4.22. The van der Waals surface area contributed by atoms with Crippen LogP contribution in [0.1, 0.15) is 37.1 Å². The molecule has 3 nitrogen and oxygen atoms in total. The van der Waals surface area contributed by atoms with Crippen molar-refractivity contribution in [3.05, 3.63) is 22.9 Å². The summed E-state index contributed by atoms with van der Waals surface area (Å²) < 4.78 is 41.8. The highest BCUT2D eigenvalue weighted by molar-refractivity contribution is 5.35. The van der Waals surface area contributed by atoms with Gasteiger partial charge in [-0.25, -0.2) is 4.98 Å². The highest BCUT2D eigenvalue weighted by Crippen LogP contribution is 2.23. The molecule has 0 unspecified atom stereocenters. The first-order valence-electron chi connectivity index (χ1n) is 7.06. The molecule has 0 spiro atoms. The molecule has 1 aromatic rings. The molecule has 0 aliphatic heterocycles. The Bertz CT molecular complexity index is 459. The Labute approximate surface area is 123 Å². The van der Waals surface area contributed by atoms with Crippen molar-refractivity contribution in [1.82, 2.24) is 10.3 Å². The van der Waals surface area contributed by atoms with Crippen molar-refractivity contribution in [2.24, 2.45) is 5.92 Å². The van der Waals surface area contributed by atoms with Crippen LogP contribution in [0.3, 0.4) is 0 Å². The van der Waals surface area contributed by atoms with E-state index in [9.17, 15) is 13.2 Å². The first-order valence-corrected chi connectivity index (χ1v) is 7.06. The van der Waals surface area contributed by atoms with Gasteiger partial charge in [-0.05, 0) is 37.9 Å². The van der Waals surface area contributed by atoms with Crippen LogP contribution < -0.4 is 10.1 Å². The van der Waals surface area contributed by atoms with Gasteiger partial charge in [0.2, 0.25) is 5.88 Å². The molecule has 0 aromatic carbocycles. The van der Waals surface area contributed by atoms with Gasteiger partial charge in [-0.2, -0.15) is 13.2 Å². The van der Waals surface area contributed by atoms with Gasteiger partial charge in [-0.3, -0.25) is 0 Å². The highest BCUT2D eigenvalue weighted by atomic mass is 19.4. The summed E-state index contributed by atoms with van der Waals surface area (Å²) >= 11 is 0. The Hall–Kier alpha value is -1.30. The number of halogens is 3. The molecular formula is C15H23F3N2O. The quantitative estimate of drug-likeness (QED) is 0.832. The number of rotatable bonds is 7. The molecule has 1 aromatic heterocycles. The fourth-order valence-electron chi connectivity index (χ4n) is 1.91. The van der Waals surface area contributed by atoms with Crippen LogP contribution in [-0.4, -0.2) is 24.3 Å². The van der Waals surface area contributed by atoms with E-state index in [4.69, 9.17) is 4.74 Å². The van der Waals surface area contributed by atoms with E-state index in [2.05, 4.69) is 24.1 Å². The lowest BCUT2D eigenvalue weighted by Gasteiger charge is -2.16. The maximum Gasteiger partial charge on any atom is 0.392 e. The maximum atomic E-state index is 12.2. The summed E-state index contributed by atoms with van der Waals surface area (Å²) in [5.41, 5.74) is 2.53. The SMILES string of the molecule is Cc1cc(C)c(CNCC(C)C)c(OCCC(F)(F)F)n1. The van der Waals surface area contributed by atoms with Crippen molar-refractivity contribution in [3.8, 4) is 5.88 Å². The van der Waals surface area contributed by atoms with E-state index < -0.39 is 19.2 Å². The van der Waals surface area contributed by atoms with Gasteiger partial charge in [-0.1, -0.05) is 13.8 Å². The van der Waals surface area contributed by atoms with Crippen molar-refractivity contribution < 1.29 is 17.9 Å². The summed E-state index contributed by atoms with van der Waals surface area (Å²) in [6, 6.07) is 1.91. The lowest BCUT2D eigenvalue weighted by molar-refractivity contribution is -0.139. The average molecular weight is 304 g/mol. The second-order valence-corrected chi connectivity index (χ2v) is 5.60. The summed E-state index contributed by atoms with van der Waals surface area (Å²) in [6.45, 7) is 8.86. The van der Waals surface area contributed by atoms with Crippen molar-refractivity contribution in [2.45, 2.75) is 46.8 Å². The molecule has 6 heteroatoms. The molecule has 0 amide bonds. The van der Waals surface area contributed by atoms with Gasteiger partial charge in [0.05, 0.1) is 13.0 Å². The summed E-state index contributed by atoms with van der Waals surface area (Å²) in [5, 5.41) is 3.27. The zero-order valence-electron chi connectivity index (χ0n) is 13.0. The highest BCUT2D eigenvalue weighted by Gasteiger charge is 2.27. The molecule has 21 heavy (non-hydrogen) atoms. The van der Waals surface area contributed by atoms with Crippen LogP contribution in [0, 0.1) is 19.8 Å². The Balaban J connectivity index is 2.75. The minimum Gasteiger partial charge on any atom is -0.477 e. The van der Waals surface area contributed by atoms with Gasteiger partial charge >= 0.3 is 6.18 Å². The van der Waals surface area contributed by atoms with Gasteiger partial charge in [0, 0.05) is 17.8 Å². The number of aromatic nitrogens is 1. The van der Waals surface area contributed by atoms with E-state index in [-0.39, 0.29) is 0 Å². The second kappa shape index (κ2) is 7.64. The Morgan fingerprint density at radius 2 is 1.95 bits per heavy atom. The zero-order valence-corrected chi connectivity index (χ0v) is 13.0. The minimum absolute atomic E-state index is 0.299. The van der Waals surface area contributed by atoms with Crippen LogP contribution in [0.4, 0.5) is 13.2 Å². The lowest BCUT2D eigenvalue weighted by Crippen LogP contribution is -2.21. The molecule has 120 valence electrons. The molecule has 0 bridgehead atoms. The number of alkyl halides is 3. The summed E-state index contributed by atoms with van der Waals surface area (Å²) in [5.74, 6) is 0.798. The molecule has 0 radical (unpaired) electrons. The van der Waals surface area contributed by atoms with E-state index in [1.807, 2.05) is 13.0 Å². The van der Waals surface area contributed by atoms with E-state index in [0.717, 1.165) is 23.4 Å². The van der Waals surface area contributed by atoms with Crippen molar-refractivity contribution in [3.63, 3.8) is 0 Å². The molecule has 1 rings (SSSR count). The van der Waals surface area contributed by atoms with Gasteiger partial charge in [0.15, 0.2) is 0 Å². The number of nitrogens with zero attached hydrogens (tertiary/aromatic N) is 1. The molecule has 0 saturated heterocycles. The summed E-state index contributed by atoms with van der Waals surface area (Å²) in [6.07, 6.45) is -5.19. The Kier molecular flexibility index (Phi) is 6.45. The molecule has 0 atom stereocenters. The topological polar surface area (TPSA) is 34.1 Å². The minimum atomic E-state index is -4.21. The fourth-order valence-corrected chi connectivity index (χ4v) is 1.91. The van der Waals surface area contributed by atoms with Gasteiger partial charge < -0.3 is 10.1 Å². The molecule has 1 heterocycles. The standard InChI is InChI=1S/C15H23F3N2O/c1-10(2)8-19-9-13-11(3)7-12(4)20-14(13)21-6-5-15(16,17)18/h7,10,19H,5-6,8-9H2,1-4H3. The smallest absolute Gasteiger partial charge is 0.392 e. The largest absolute Gasteiger partial charge is 0.477 e. The van der Waals surface area contributed by atoms with Crippen molar-refractivity contribution in [1.29, 1.82) is 0 Å². The van der Waals surface area contributed by atoms with E-state index in [1.54, 1.807) is 6.92 Å². The fraction of sp³-hybridized carbons (Fsp3) is 0.667. The molecular weight excluding hydrogens is 281 g/mol. The Morgan fingerprint density at radius 3 is 2.52 bits per heavy atom. The first-order chi connectivity index (χ1) is 9.69. The molecule has 0 aliphatic carbocycles. The maximum absolute atomic E-state index is 12.2. The van der Waals surface area contributed by atoms with Crippen molar-refractivity contribution >= 4 is 0 Å². The van der Waals surface area contributed by atoms with Crippen LogP contribution in [-0.2, 0) is 6.54 Å². The lowest BCUT2D eigenvalue weighted by atomic mass is 10.1. The van der Waals surface area contributed by atoms with Crippen molar-refractivity contribution in [2.75, 3.05) is 13.2 Å². The number of hydrogen-bond acceptors (Lipinski definition) is 3. The first kappa shape index (κ1) is 17.8. The van der Waals surface area contributed by atoms with Gasteiger partial charge in [0.1, 0.15) is 0 Å². The molecule has 0 fully saturated rings. The Morgan fingerprint density at radius 1 is 1.29 bits per heavy atom.